The Morgan fingerprint density at radius 2 is 1.39 bits per heavy atom. The minimum atomic E-state index is 0.771. The maximum absolute atomic E-state index is 5.80. The van der Waals surface area contributed by atoms with E-state index < -0.39 is 0 Å². The molecule has 7 nitrogen and oxygen atoms in total. The van der Waals surface area contributed by atoms with Crippen LogP contribution in [0, 0.1) is 0 Å². The van der Waals surface area contributed by atoms with Crippen molar-refractivity contribution in [1.29, 1.82) is 0 Å². The molecule has 0 amide bonds. The van der Waals surface area contributed by atoms with E-state index in [-0.39, 0.29) is 0 Å². The van der Waals surface area contributed by atoms with Crippen LogP contribution < -0.4 is 19.3 Å². The maximum Gasteiger partial charge on any atom is 0.225 e. The monoisotopic (exact) mass is 503 g/mol. The van der Waals surface area contributed by atoms with Crippen LogP contribution in [-0.2, 0) is 0 Å². The van der Waals surface area contributed by atoms with Crippen molar-refractivity contribution >= 4 is 22.5 Å². The summed E-state index contributed by atoms with van der Waals surface area (Å²) in [6.07, 6.45) is 3.58. The summed E-state index contributed by atoms with van der Waals surface area (Å²) in [5.41, 5.74) is 3.95. The molecule has 5 aromatic rings. The molecule has 0 aliphatic carbocycles. The van der Waals surface area contributed by atoms with Crippen molar-refractivity contribution < 1.29 is 9.47 Å². The summed E-state index contributed by atoms with van der Waals surface area (Å²) in [4.78, 5) is 18.9. The lowest BCUT2D eigenvalue weighted by Gasteiger charge is -2.36. The summed E-state index contributed by atoms with van der Waals surface area (Å²) in [6.45, 7) is 3.28. The molecule has 190 valence electrons. The summed E-state index contributed by atoms with van der Waals surface area (Å²) in [5.74, 6) is 3.34. The lowest BCUT2D eigenvalue weighted by atomic mass is 9.93. The highest BCUT2D eigenvalue weighted by Gasteiger charge is 2.25. The third kappa shape index (κ3) is 4.36. The number of hydrogen-bond donors (Lipinski definition) is 0. The Morgan fingerprint density at radius 3 is 2.16 bits per heavy atom. The Kier molecular flexibility index (Phi) is 6.48. The van der Waals surface area contributed by atoms with Gasteiger partial charge in [0.25, 0.3) is 0 Å². The first-order valence-corrected chi connectivity index (χ1v) is 12.7. The van der Waals surface area contributed by atoms with Crippen molar-refractivity contribution in [1.82, 2.24) is 15.0 Å². The van der Waals surface area contributed by atoms with Gasteiger partial charge in [-0.1, -0.05) is 48.5 Å². The van der Waals surface area contributed by atoms with Gasteiger partial charge in [-0.25, -0.2) is 15.0 Å². The number of piperazine rings is 1. The number of nitrogens with zero attached hydrogens (tertiary/aromatic N) is 5. The Balaban J connectivity index is 1.52. The molecule has 1 fully saturated rings. The average Bonchev–Trinajstić information content (AvgIpc) is 3.00. The standard InChI is InChI=1S/C31H29N5O2/c1-37-23-10-7-9-22(21-23)28-24-11-3-4-12-25(24)30(34-29(28)26-13-5-6-14-27(26)38-2)35-17-19-36(20-18-35)31-32-15-8-16-33-31/h3-16,21H,17-20H2,1-2H3. The van der Waals surface area contributed by atoms with Gasteiger partial charge in [-0.3, -0.25) is 0 Å². The number of aromatic nitrogens is 3. The van der Waals surface area contributed by atoms with E-state index in [9.17, 15) is 0 Å². The first-order valence-electron chi connectivity index (χ1n) is 12.7. The predicted molar refractivity (Wildman–Crippen MR) is 152 cm³/mol. The molecule has 2 aromatic heterocycles. The zero-order chi connectivity index (χ0) is 25.9. The van der Waals surface area contributed by atoms with Crippen molar-refractivity contribution in [3.8, 4) is 33.9 Å². The summed E-state index contributed by atoms with van der Waals surface area (Å²) in [7, 11) is 3.40. The van der Waals surface area contributed by atoms with Crippen LogP contribution in [0.15, 0.2) is 91.3 Å². The minimum Gasteiger partial charge on any atom is -0.497 e. The summed E-state index contributed by atoms with van der Waals surface area (Å²) in [6, 6.07) is 26.6. The fraction of sp³-hybridized carbons (Fsp3) is 0.194. The van der Waals surface area contributed by atoms with E-state index in [1.807, 2.05) is 36.4 Å². The van der Waals surface area contributed by atoms with Crippen LogP contribution in [0.25, 0.3) is 33.2 Å². The molecule has 1 saturated heterocycles. The molecule has 6 rings (SSSR count). The van der Waals surface area contributed by atoms with E-state index in [1.165, 1.54) is 0 Å². The molecule has 0 unspecified atom stereocenters. The van der Waals surface area contributed by atoms with E-state index in [4.69, 9.17) is 14.5 Å². The number of hydrogen-bond acceptors (Lipinski definition) is 7. The number of methoxy groups -OCH3 is 2. The SMILES string of the molecule is COc1cccc(-c2c(-c3ccccc3OC)nc(N3CCN(c4ncccn4)CC3)c3ccccc23)c1. The van der Waals surface area contributed by atoms with Crippen molar-refractivity contribution in [3.05, 3.63) is 91.3 Å². The fourth-order valence-electron chi connectivity index (χ4n) is 5.17. The Hall–Kier alpha value is -4.65. The van der Waals surface area contributed by atoms with Crippen molar-refractivity contribution in [2.24, 2.45) is 0 Å². The number of rotatable bonds is 6. The van der Waals surface area contributed by atoms with E-state index in [0.717, 1.165) is 82.6 Å². The van der Waals surface area contributed by atoms with Gasteiger partial charge >= 0.3 is 0 Å². The Morgan fingerprint density at radius 1 is 0.684 bits per heavy atom. The van der Waals surface area contributed by atoms with E-state index in [2.05, 4.69) is 62.2 Å². The third-order valence-corrected chi connectivity index (χ3v) is 7.03. The molecule has 0 saturated carbocycles. The predicted octanol–water partition coefficient (Wildman–Crippen LogP) is 5.70. The van der Waals surface area contributed by atoms with Crippen LogP contribution in [0.1, 0.15) is 0 Å². The third-order valence-electron chi connectivity index (χ3n) is 7.03. The largest absolute Gasteiger partial charge is 0.497 e. The second kappa shape index (κ2) is 10.4. The van der Waals surface area contributed by atoms with Gasteiger partial charge in [-0.2, -0.15) is 0 Å². The average molecular weight is 504 g/mol. The molecule has 7 heteroatoms. The Labute approximate surface area is 222 Å². The van der Waals surface area contributed by atoms with Gasteiger partial charge in [0.1, 0.15) is 17.3 Å². The molecule has 0 bridgehead atoms. The number of benzene rings is 3. The Bertz CT molecular complexity index is 1570. The molecule has 3 heterocycles. The molecule has 3 aromatic carbocycles. The van der Waals surface area contributed by atoms with Gasteiger partial charge in [0.2, 0.25) is 5.95 Å². The van der Waals surface area contributed by atoms with Gasteiger partial charge < -0.3 is 19.3 Å². The molecular formula is C31H29N5O2. The quantitative estimate of drug-likeness (QED) is 0.294. The number of para-hydroxylation sites is 1. The van der Waals surface area contributed by atoms with E-state index in [1.54, 1.807) is 26.6 Å². The molecule has 0 atom stereocenters. The lowest BCUT2D eigenvalue weighted by molar-refractivity contribution is 0.415. The lowest BCUT2D eigenvalue weighted by Crippen LogP contribution is -2.47. The van der Waals surface area contributed by atoms with Gasteiger partial charge in [0.15, 0.2) is 0 Å². The summed E-state index contributed by atoms with van der Waals surface area (Å²) in [5, 5.41) is 2.26. The normalized spacial score (nSPS) is 13.5. The topological polar surface area (TPSA) is 63.6 Å². The first-order chi connectivity index (χ1) is 18.8. The molecular weight excluding hydrogens is 474 g/mol. The summed E-state index contributed by atoms with van der Waals surface area (Å²) < 4.78 is 11.4. The van der Waals surface area contributed by atoms with Crippen LogP contribution in [0.3, 0.4) is 0 Å². The smallest absolute Gasteiger partial charge is 0.225 e. The van der Waals surface area contributed by atoms with E-state index in [0.29, 0.717) is 0 Å². The van der Waals surface area contributed by atoms with Gasteiger partial charge in [-0.05, 0) is 41.3 Å². The number of fused-ring (bicyclic) bond motifs is 1. The molecule has 0 spiro atoms. The maximum atomic E-state index is 5.80. The molecule has 1 aliphatic rings. The van der Waals surface area contributed by atoms with Crippen molar-refractivity contribution in [2.45, 2.75) is 0 Å². The van der Waals surface area contributed by atoms with E-state index >= 15 is 0 Å². The highest BCUT2D eigenvalue weighted by atomic mass is 16.5. The molecule has 0 radical (unpaired) electrons. The molecule has 0 N–H and O–H groups in total. The van der Waals surface area contributed by atoms with Crippen LogP contribution in [0.2, 0.25) is 0 Å². The number of pyridine rings is 1. The van der Waals surface area contributed by atoms with Crippen LogP contribution in [0.4, 0.5) is 11.8 Å². The second-order valence-corrected chi connectivity index (χ2v) is 9.16. The van der Waals surface area contributed by atoms with Crippen LogP contribution in [0.5, 0.6) is 11.5 Å². The highest BCUT2D eigenvalue weighted by Crippen LogP contribution is 2.43. The van der Waals surface area contributed by atoms with Crippen LogP contribution in [-0.4, -0.2) is 55.4 Å². The molecule has 38 heavy (non-hydrogen) atoms. The minimum absolute atomic E-state index is 0.771. The zero-order valence-electron chi connectivity index (χ0n) is 21.5. The highest BCUT2D eigenvalue weighted by molar-refractivity contribution is 6.08. The number of ether oxygens (including phenoxy) is 2. The van der Waals surface area contributed by atoms with Crippen LogP contribution >= 0.6 is 0 Å². The fourth-order valence-corrected chi connectivity index (χ4v) is 5.17. The van der Waals surface area contributed by atoms with Crippen molar-refractivity contribution in [3.63, 3.8) is 0 Å². The van der Waals surface area contributed by atoms with Gasteiger partial charge in [0, 0.05) is 55.1 Å². The zero-order valence-corrected chi connectivity index (χ0v) is 21.5. The molecule has 1 aliphatic heterocycles. The summed E-state index contributed by atoms with van der Waals surface area (Å²) >= 11 is 0. The van der Waals surface area contributed by atoms with Crippen molar-refractivity contribution in [2.75, 3.05) is 50.2 Å². The number of anilines is 2. The first kappa shape index (κ1) is 23.7. The second-order valence-electron chi connectivity index (χ2n) is 9.16. The van der Waals surface area contributed by atoms with Gasteiger partial charge in [-0.15, -0.1) is 0 Å². The van der Waals surface area contributed by atoms with Gasteiger partial charge in [0.05, 0.1) is 19.9 Å².